The molecule has 2 aromatic rings. The van der Waals surface area contributed by atoms with Crippen molar-refractivity contribution in [2.75, 3.05) is 0 Å². The van der Waals surface area contributed by atoms with E-state index in [-0.39, 0.29) is 36.1 Å². The molecule has 0 bridgehead atoms. The highest BCUT2D eigenvalue weighted by molar-refractivity contribution is 5.94. The lowest BCUT2D eigenvalue weighted by molar-refractivity contribution is 0.0652. The van der Waals surface area contributed by atoms with Crippen LogP contribution < -0.4 is 5.32 Å². The maximum absolute atomic E-state index is 13.0. The zero-order valence-corrected chi connectivity index (χ0v) is 16.8. The first-order valence-corrected chi connectivity index (χ1v) is 9.48. The van der Waals surface area contributed by atoms with Gasteiger partial charge in [0.05, 0.1) is 6.54 Å². The number of aryl methyl sites for hydroxylation is 1. The van der Waals surface area contributed by atoms with Crippen LogP contribution in [0.4, 0.5) is 0 Å². The number of hydrogen-bond donors (Lipinski definition) is 1. The quantitative estimate of drug-likeness (QED) is 0.762. The first-order chi connectivity index (χ1) is 12.8. The van der Waals surface area contributed by atoms with E-state index in [9.17, 15) is 9.59 Å². The standard InChI is InChI=1S/C21H29N3O3/c1-6-15(4)22-20(25)18-13-27-19(23-18)12-24(16(5)7-2)21(26)17-10-8-14(3)9-11-17/h8-11,13,15-16H,6-7,12H2,1-5H3,(H,22,25). The third-order valence-electron chi connectivity index (χ3n) is 4.76. The van der Waals surface area contributed by atoms with Gasteiger partial charge in [-0.2, -0.15) is 0 Å². The molecule has 0 spiro atoms. The zero-order chi connectivity index (χ0) is 20.0. The Morgan fingerprint density at radius 1 is 1.15 bits per heavy atom. The number of oxazole rings is 1. The molecule has 2 rings (SSSR count). The van der Waals surface area contributed by atoms with Crippen LogP contribution in [-0.4, -0.2) is 33.8 Å². The minimum atomic E-state index is -0.265. The van der Waals surface area contributed by atoms with E-state index in [1.807, 2.05) is 58.9 Å². The summed E-state index contributed by atoms with van der Waals surface area (Å²) in [5.74, 6) is 0.0116. The van der Waals surface area contributed by atoms with E-state index in [4.69, 9.17) is 4.42 Å². The molecule has 27 heavy (non-hydrogen) atoms. The third-order valence-corrected chi connectivity index (χ3v) is 4.76. The van der Waals surface area contributed by atoms with Crippen LogP contribution in [0.3, 0.4) is 0 Å². The maximum Gasteiger partial charge on any atom is 0.273 e. The van der Waals surface area contributed by atoms with Crippen molar-refractivity contribution in [3.05, 3.63) is 53.2 Å². The van der Waals surface area contributed by atoms with Crippen LogP contribution in [0.25, 0.3) is 0 Å². The van der Waals surface area contributed by atoms with Crippen molar-refractivity contribution in [1.82, 2.24) is 15.2 Å². The lowest BCUT2D eigenvalue weighted by atomic mass is 10.1. The van der Waals surface area contributed by atoms with Crippen LogP contribution in [0, 0.1) is 6.92 Å². The minimum absolute atomic E-state index is 0.0168. The second-order valence-electron chi connectivity index (χ2n) is 6.97. The Hall–Kier alpha value is -2.63. The van der Waals surface area contributed by atoms with E-state index in [2.05, 4.69) is 10.3 Å². The van der Waals surface area contributed by atoms with E-state index in [0.29, 0.717) is 11.5 Å². The molecule has 2 amide bonds. The van der Waals surface area contributed by atoms with Crippen LogP contribution in [0.5, 0.6) is 0 Å². The van der Waals surface area contributed by atoms with Crippen LogP contribution in [0.15, 0.2) is 34.9 Å². The smallest absolute Gasteiger partial charge is 0.273 e. The van der Waals surface area contributed by atoms with E-state index in [1.54, 1.807) is 4.90 Å². The van der Waals surface area contributed by atoms with Gasteiger partial charge < -0.3 is 14.6 Å². The third kappa shape index (κ3) is 5.42. The number of amides is 2. The largest absolute Gasteiger partial charge is 0.446 e. The lowest BCUT2D eigenvalue weighted by Crippen LogP contribution is -2.38. The Morgan fingerprint density at radius 3 is 2.41 bits per heavy atom. The Kier molecular flexibility index (Phi) is 7.16. The van der Waals surface area contributed by atoms with Crippen molar-refractivity contribution in [3.8, 4) is 0 Å². The van der Waals surface area contributed by atoms with Crippen molar-refractivity contribution in [2.45, 2.75) is 66.1 Å². The van der Waals surface area contributed by atoms with Gasteiger partial charge in [0.1, 0.15) is 6.26 Å². The molecular formula is C21H29N3O3. The number of aromatic nitrogens is 1. The van der Waals surface area contributed by atoms with E-state index in [0.717, 1.165) is 18.4 Å². The molecule has 0 fully saturated rings. The van der Waals surface area contributed by atoms with Gasteiger partial charge in [-0.3, -0.25) is 9.59 Å². The summed E-state index contributed by atoms with van der Waals surface area (Å²) in [6.07, 6.45) is 2.99. The van der Waals surface area contributed by atoms with Crippen molar-refractivity contribution in [1.29, 1.82) is 0 Å². The molecule has 1 aromatic carbocycles. The van der Waals surface area contributed by atoms with Crippen molar-refractivity contribution < 1.29 is 14.0 Å². The number of hydrogen-bond acceptors (Lipinski definition) is 4. The molecule has 0 radical (unpaired) electrons. The Morgan fingerprint density at radius 2 is 1.81 bits per heavy atom. The SMILES string of the molecule is CCC(C)NC(=O)c1coc(CN(C(=O)c2ccc(C)cc2)C(C)CC)n1. The molecular weight excluding hydrogens is 342 g/mol. The first-order valence-electron chi connectivity index (χ1n) is 9.48. The molecule has 0 saturated carbocycles. The lowest BCUT2D eigenvalue weighted by Gasteiger charge is -2.27. The topological polar surface area (TPSA) is 75.4 Å². The predicted molar refractivity (Wildman–Crippen MR) is 105 cm³/mol. The molecule has 1 heterocycles. The summed E-state index contributed by atoms with van der Waals surface area (Å²) in [5.41, 5.74) is 1.96. The summed E-state index contributed by atoms with van der Waals surface area (Å²) in [5, 5.41) is 2.86. The number of nitrogens with one attached hydrogen (secondary N) is 1. The summed E-state index contributed by atoms with van der Waals surface area (Å²) in [4.78, 5) is 31.1. The normalized spacial score (nSPS) is 13.1. The molecule has 0 saturated heterocycles. The zero-order valence-electron chi connectivity index (χ0n) is 16.8. The molecule has 1 N–H and O–H groups in total. The molecule has 0 aliphatic rings. The summed E-state index contributed by atoms with van der Waals surface area (Å²) in [7, 11) is 0. The molecule has 0 aliphatic heterocycles. The van der Waals surface area contributed by atoms with Crippen LogP contribution in [0.2, 0.25) is 0 Å². The molecule has 2 unspecified atom stereocenters. The molecule has 6 nitrogen and oxygen atoms in total. The Bertz CT molecular complexity index is 767. The number of benzene rings is 1. The second kappa shape index (κ2) is 9.35. The highest BCUT2D eigenvalue weighted by atomic mass is 16.3. The summed E-state index contributed by atoms with van der Waals surface area (Å²) < 4.78 is 5.47. The van der Waals surface area contributed by atoms with Gasteiger partial charge in [0.15, 0.2) is 5.69 Å². The highest BCUT2D eigenvalue weighted by Crippen LogP contribution is 2.16. The van der Waals surface area contributed by atoms with E-state index in [1.165, 1.54) is 6.26 Å². The van der Waals surface area contributed by atoms with Crippen molar-refractivity contribution in [2.24, 2.45) is 0 Å². The summed E-state index contributed by atoms with van der Waals surface area (Å²) in [6.45, 7) is 10.2. The number of nitrogens with zero attached hydrogens (tertiary/aromatic N) is 2. The van der Waals surface area contributed by atoms with Crippen molar-refractivity contribution >= 4 is 11.8 Å². The fraction of sp³-hybridized carbons (Fsp3) is 0.476. The van der Waals surface area contributed by atoms with Gasteiger partial charge in [0.25, 0.3) is 11.8 Å². The van der Waals surface area contributed by atoms with Gasteiger partial charge in [-0.1, -0.05) is 31.5 Å². The molecule has 146 valence electrons. The van der Waals surface area contributed by atoms with Gasteiger partial charge in [-0.05, 0) is 45.7 Å². The van der Waals surface area contributed by atoms with Gasteiger partial charge in [-0.15, -0.1) is 0 Å². The molecule has 0 aliphatic carbocycles. The Labute approximate surface area is 161 Å². The van der Waals surface area contributed by atoms with Gasteiger partial charge in [-0.25, -0.2) is 4.98 Å². The monoisotopic (exact) mass is 371 g/mol. The van der Waals surface area contributed by atoms with Gasteiger partial charge in [0, 0.05) is 17.6 Å². The highest BCUT2D eigenvalue weighted by Gasteiger charge is 2.23. The number of carbonyl (C=O) groups excluding carboxylic acids is 2. The van der Waals surface area contributed by atoms with Crippen LogP contribution in [-0.2, 0) is 6.54 Å². The first kappa shape index (κ1) is 20.7. The van der Waals surface area contributed by atoms with E-state index >= 15 is 0 Å². The second-order valence-corrected chi connectivity index (χ2v) is 6.97. The number of rotatable bonds is 8. The average molecular weight is 371 g/mol. The average Bonchev–Trinajstić information content (AvgIpc) is 3.14. The van der Waals surface area contributed by atoms with E-state index < -0.39 is 0 Å². The Balaban J connectivity index is 2.16. The van der Waals surface area contributed by atoms with Crippen molar-refractivity contribution in [3.63, 3.8) is 0 Å². The fourth-order valence-electron chi connectivity index (χ4n) is 2.54. The van der Waals surface area contributed by atoms with Gasteiger partial charge in [0.2, 0.25) is 5.89 Å². The minimum Gasteiger partial charge on any atom is -0.446 e. The van der Waals surface area contributed by atoms with Crippen LogP contribution >= 0.6 is 0 Å². The summed E-state index contributed by atoms with van der Waals surface area (Å²) in [6, 6.07) is 7.58. The summed E-state index contributed by atoms with van der Waals surface area (Å²) >= 11 is 0. The van der Waals surface area contributed by atoms with Crippen LogP contribution in [0.1, 0.15) is 72.8 Å². The molecule has 1 aromatic heterocycles. The molecule has 6 heteroatoms. The molecule has 2 atom stereocenters. The van der Waals surface area contributed by atoms with Gasteiger partial charge >= 0.3 is 0 Å². The predicted octanol–water partition coefficient (Wildman–Crippen LogP) is 3.95. The number of carbonyl (C=O) groups is 2. The fourth-order valence-corrected chi connectivity index (χ4v) is 2.54. The maximum atomic E-state index is 13.0.